The molecule has 3 aromatic carbocycles. The van der Waals surface area contributed by atoms with E-state index in [4.69, 9.17) is 25.8 Å². The monoisotopic (exact) mass is 452 g/mol. The normalized spacial score (nSPS) is 12.6. The van der Waals surface area contributed by atoms with Crippen molar-refractivity contribution >= 4 is 34.8 Å². The quantitative estimate of drug-likeness (QED) is 0.578. The average molecular weight is 453 g/mol. The van der Waals surface area contributed by atoms with Gasteiger partial charge in [-0.25, -0.2) is 0 Å². The molecule has 0 bridgehead atoms. The zero-order valence-corrected chi connectivity index (χ0v) is 18.1. The number of fused-ring (bicyclic) bond motifs is 1. The van der Waals surface area contributed by atoms with Crippen molar-refractivity contribution in [3.63, 3.8) is 0 Å². The summed E-state index contributed by atoms with van der Waals surface area (Å²) in [5.74, 6) is 1.24. The lowest BCUT2D eigenvalue weighted by atomic mass is 10.1. The highest BCUT2D eigenvalue weighted by Crippen LogP contribution is 2.35. The fourth-order valence-electron chi connectivity index (χ4n) is 3.26. The third-order valence-electron chi connectivity index (χ3n) is 4.85. The Kier molecular flexibility index (Phi) is 6.47. The molecule has 0 atom stereocenters. The molecule has 7 nitrogen and oxygen atoms in total. The predicted molar refractivity (Wildman–Crippen MR) is 122 cm³/mol. The molecule has 1 N–H and O–H groups in total. The summed E-state index contributed by atoms with van der Waals surface area (Å²) in [6.45, 7) is 0.150. The van der Waals surface area contributed by atoms with Crippen LogP contribution < -0.4 is 24.4 Å². The number of anilines is 2. The van der Waals surface area contributed by atoms with E-state index in [1.165, 1.54) is 0 Å². The SMILES string of the molecule is COc1cccc(OCC(=O)Nc2ccc3c(c2)N(Cc2ccc(Cl)cc2)C(=O)CO3)c1. The topological polar surface area (TPSA) is 77.1 Å². The van der Waals surface area contributed by atoms with Crippen LogP contribution in [0.3, 0.4) is 0 Å². The second-order valence-electron chi connectivity index (χ2n) is 7.09. The number of methoxy groups -OCH3 is 1. The fraction of sp³-hybridized carbons (Fsp3) is 0.167. The summed E-state index contributed by atoms with van der Waals surface area (Å²) in [6, 6.07) is 19.5. The summed E-state index contributed by atoms with van der Waals surface area (Å²) in [7, 11) is 1.56. The van der Waals surface area contributed by atoms with Gasteiger partial charge in [-0.05, 0) is 48.0 Å². The van der Waals surface area contributed by atoms with Gasteiger partial charge in [0, 0.05) is 16.8 Å². The van der Waals surface area contributed by atoms with Crippen molar-refractivity contribution in [3.8, 4) is 17.2 Å². The summed E-state index contributed by atoms with van der Waals surface area (Å²) < 4.78 is 16.2. The van der Waals surface area contributed by atoms with Gasteiger partial charge < -0.3 is 24.4 Å². The van der Waals surface area contributed by atoms with Crippen LogP contribution in [0.1, 0.15) is 5.56 Å². The highest BCUT2D eigenvalue weighted by molar-refractivity contribution is 6.30. The van der Waals surface area contributed by atoms with Gasteiger partial charge in [0.1, 0.15) is 17.2 Å². The van der Waals surface area contributed by atoms with Crippen molar-refractivity contribution in [1.82, 2.24) is 0 Å². The third-order valence-corrected chi connectivity index (χ3v) is 5.10. The largest absolute Gasteiger partial charge is 0.497 e. The van der Waals surface area contributed by atoms with Crippen LogP contribution in [0.2, 0.25) is 5.02 Å². The summed E-state index contributed by atoms with van der Waals surface area (Å²) >= 11 is 5.96. The number of benzene rings is 3. The Balaban J connectivity index is 1.45. The van der Waals surface area contributed by atoms with Gasteiger partial charge >= 0.3 is 0 Å². The molecule has 0 aromatic heterocycles. The fourth-order valence-corrected chi connectivity index (χ4v) is 3.39. The molecular weight excluding hydrogens is 432 g/mol. The average Bonchev–Trinajstić information content (AvgIpc) is 2.81. The van der Waals surface area contributed by atoms with Crippen molar-refractivity contribution in [2.24, 2.45) is 0 Å². The van der Waals surface area contributed by atoms with Gasteiger partial charge in [-0.2, -0.15) is 0 Å². The Hall–Kier alpha value is -3.71. The highest BCUT2D eigenvalue weighted by atomic mass is 35.5. The van der Waals surface area contributed by atoms with Gasteiger partial charge in [0.2, 0.25) is 0 Å². The molecule has 0 saturated carbocycles. The Morgan fingerprint density at radius 3 is 2.66 bits per heavy atom. The summed E-state index contributed by atoms with van der Waals surface area (Å²) in [6.07, 6.45) is 0. The molecule has 0 radical (unpaired) electrons. The number of nitrogens with one attached hydrogen (secondary N) is 1. The molecule has 4 rings (SSSR count). The Labute approximate surface area is 190 Å². The minimum atomic E-state index is -0.333. The van der Waals surface area contributed by atoms with Gasteiger partial charge in [-0.15, -0.1) is 0 Å². The molecular formula is C24H21ClN2O5. The standard InChI is InChI=1S/C24H21ClN2O5/c1-30-19-3-2-4-20(12-19)31-14-23(28)26-18-9-10-22-21(11-18)27(24(29)15-32-22)13-16-5-7-17(25)8-6-16/h2-12H,13-15H2,1H3,(H,26,28). The number of hydrogen-bond acceptors (Lipinski definition) is 5. The molecule has 1 aliphatic rings. The maximum absolute atomic E-state index is 12.5. The zero-order valence-electron chi connectivity index (χ0n) is 17.3. The van der Waals surface area contributed by atoms with Crippen LogP contribution in [0.5, 0.6) is 17.2 Å². The molecule has 0 fully saturated rings. The van der Waals surface area contributed by atoms with E-state index >= 15 is 0 Å². The first-order valence-electron chi connectivity index (χ1n) is 9.90. The molecule has 1 heterocycles. The van der Waals surface area contributed by atoms with E-state index in [0.29, 0.717) is 40.2 Å². The lowest BCUT2D eigenvalue weighted by Gasteiger charge is -2.30. The van der Waals surface area contributed by atoms with Crippen LogP contribution >= 0.6 is 11.6 Å². The number of halogens is 1. The molecule has 2 amide bonds. The van der Waals surface area contributed by atoms with E-state index in [1.54, 1.807) is 66.6 Å². The van der Waals surface area contributed by atoms with E-state index in [9.17, 15) is 9.59 Å². The molecule has 3 aromatic rings. The molecule has 1 aliphatic heterocycles. The number of amides is 2. The summed E-state index contributed by atoms with van der Waals surface area (Å²) in [5, 5.41) is 3.42. The van der Waals surface area contributed by atoms with Gasteiger partial charge in [0.25, 0.3) is 11.8 Å². The van der Waals surface area contributed by atoms with Gasteiger partial charge in [0.05, 0.1) is 19.3 Å². The Morgan fingerprint density at radius 2 is 1.88 bits per heavy atom. The van der Waals surface area contributed by atoms with Crippen molar-refractivity contribution in [2.45, 2.75) is 6.54 Å². The number of rotatable bonds is 7. The van der Waals surface area contributed by atoms with Gasteiger partial charge in [0.15, 0.2) is 13.2 Å². The van der Waals surface area contributed by atoms with Crippen LogP contribution in [0.25, 0.3) is 0 Å². The molecule has 32 heavy (non-hydrogen) atoms. The summed E-state index contributed by atoms with van der Waals surface area (Å²) in [5.41, 5.74) is 2.04. The Bertz CT molecular complexity index is 1130. The van der Waals surface area contributed by atoms with E-state index in [2.05, 4.69) is 5.32 Å². The number of hydrogen-bond donors (Lipinski definition) is 1. The number of nitrogens with zero attached hydrogens (tertiary/aromatic N) is 1. The highest BCUT2D eigenvalue weighted by Gasteiger charge is 2.26. The van der Waals surface area contributed by atoms with Crippen LogP contribution in [-0.2, 0) is 16.1 Å². The molecule has 8 heteroatoms. The minimum Gasteiger partial charge on any atom is -0.497 e. The molecule has 0 aliphatic carbocycles. The number of carbonyl (C=O) groups excluding carboxylic acids is 2. The minimum absolute atomic E-state index is 0.0410. The zero-order chi connectivity index (χ0) is 22.5. The molecule has 164 valence electrons. The van der Waals surface area contributed by atoms with Crippen molar-refractivity contribution in [1.29, 1.82) is 0 Å². The van der Waals surface area contributed by atoms with Crippen LogP contribution in [0, 0.1) is 0 Å². The first-order chi connectivity index (χ1) is 15.5. The smallest absolute Gasteiger partial charge is 0.265 e. The summed E-state index contributed by atoms with van der Waals surface area (Å²) in [4.78, 5) is 26.5. The lowest BCUT2D eigenvalue weighted by Crippen LogP contribution is -2.38. The first-order valence-corrected chi connectivity index (χ1v) is 10.3. The van der Waals surface area contributed by atoms with Gasteiger partial charge in [-0.3, -0.25) is 9.59 Å². The second-order valence-corrected chi connectivity index (χ2v) is 7.53. The van der Waals surface area contributed by atoms with Crippen LogP contribution in [0.4, 0.5) is 11.4 Å². The molecule has 0 unspecified atom stereocenters. The molecule has 0 spiro atoms. The van der Waals surface area contributed by atoms with E-state index in [-0.39, 0.29) is 25.0 Å². The van der Waals surface area contributed by atoms with Crippen LogP contribution in [-0.4, -0.2) is 32.1 Å². The van der Waals surface area contributed by atoms with Gasteiger partial charge in [-0.1, -0.05) is 29.8 Å². The number of carbonyl (C=O) groups is 2. The Morgan fingerprint density at radius 1 is 1.09 bits per heavy atom. The molecule has 0 saturated heterocycles. The third kappa shape index (κ3) is 5.12. The number of ether oxygens (including phenoxy) is 3. The second kappa shape index (κ2) is 9.62. The van der Waals surface area contributed by atoms with E-state index in [1.807, 2.05) is 12.1 Å². The maximum atomic E-state index is 12.5. The lowest BCUT2D eigenvalue weighted by molar-refractivity contribution is -0.121. The van der Waals surface area contributed by atoms with Crippen molar-refractivity contribution in [3.05, 3.63) is 77.3 Å². The van der Waals surface area contributed by atoms with Crippen LogP contribution in [0.15, 0.2) is 66.7 Å². The first kappa shape index (κ1) is 21.5. The maximum Gasteiger partial charge on any atom is 0.265 e. The van der Waals surface area contributed by atoms with E-state index < -0.39 is 0 Å². The predicted octanol–water partition coefficient (Wildman–Crippen LogP) is 4.29. The van der Waals surface area contributed by atoms with E-state index in [0.717, 1.165) is 5.56 Å². The van der Waals surface area contributed by atoms with Crippen molar-refractivity contribution in [2.75, 3.05) is 30.5 Å². The van der Waals surface area contributed by atoms with Crippen molar-refractivity contribution < 1.29 is 23.8 Å².